The van der Waals surface area contributed by atoms with Gasteiger partial charge in [0.25, 0.3) is 0 Å². The molecule has 3 nitrogen and oxygen atoms in total. The molecule has 0 radical (unpaired) electrons. The summed E-state index contributed by atoms with van der Waals surface area (Å²) in [6, 6.07) is 8.07. The summed E-state index contributed by atoms with van der Waals surface area (Å²) in [4.78, 5) is 14.4. The van der Waals surface area contributed by atoms with Gasteiger partial charge in [0.05, 0.1) is 13.2 Å². The molecule has 1 aliphatic carbocycles. The minimum atomic E-state index is 0.0976. The molecule has 3 heteroatoms. The van der Waals surface area contributed by atoms with E-state index in [1.807, 2.05) is 30.0 Å². The number of benzene rings is 1. The van der Waals surface area contributed by atoms with Gasteiger partial charge in [-0.2, -0.15) is 0 Å². The lowest BCUT2D eigenvalue weighted by Crippen LogP contribution is -2.34. The lowest BCUT2D eigenvalue weighted by molar-refractivity contribution is -0.134. The van der Waals surface area contributed by atoms with E-state index in [2.05, 4.69) is 19.9 Å². The van der Waals surface area contributed by atoms with Crippen molar-refractivity contribution in [2.24, 2.45) is 11.8 Å². The molecule has 2 rings (SSSR count). The number of hydrogen-bond donors (Lipinski definition) is 0. The van der Waals surface area contributed by atoms with Gasteiger partial charge in [-0.3, -0.25) is 4.79 Å². The summed E-state index contributed by atoms with van der Waals surface area (Å²) in [5.41, 5.74) is 1.13. The molecular weight excluding hydrogens is 238 g/mol. The standard InChI is InChI=1S/C16H23NO2/c1-5-17(16(18)15-9-11(15)2)12(3)13-7-6-8-14(10-13)19-4/h6-8,10-12,15H,5,9H2,1-4H3. The Morgan fingerprint density at radius 3 is 2.74 bits per heavy atom. The predicted octanol–water partition coefficient (Wildman–Crippen LogP) is 3.26. The van der Waals surface area contributed by atoms with Gasteiger partial charge in [0.15, 0.2) is 0 Å². The van der Waals surface area contributed by atoms with Gasteiger partial charge in [-0.15, -0.1) is 0 Å². The van der Waals surface area contributed by atoms with Crippen molar-refractivity contribution in [1.29, 1.82) is 0 Å². The maximum Gasteiger partial charge on any atom is 0.226 e. The number of methoxy groups -OCH3 is 1. The Bertz CT molecular complexity index is 458. The fourth-order valence-electron chi connectivity index (χ4n) is 2.58. The number of carbonyl (C=O) groups excluding carboxylic acids is 1. The average Bonchev–Trinajstić information content (AvgIpc) is 3.16. The molecule has 19 heavy (non-hydrogen) atoms. The third-order valence-electron chi connectivity index (χ3n) is 4.09. The van der Waals surface area contributed by atoms with Gasteiger partial charge in [-0.05, 0) is 43.9 Å². The summed E-state index contributed by atoms with van der Waals surface area (Å²) in [7, 11) is 1.67. The van der Waals surface area contributed by atoms with E-state index < -0.39 is 0 Å². The van der Waals surface area contributed by atoms with Crippen LogP contribution in [-0.4, -0.2) is 24.5 Å². The molecule has 1 aromatic carbocycles. The van der Waals surface area contributed by atoms with Crippen LogP contribution in [0.4, 0.5) is 0 Å². The number of nitrogens with zero attached hydrogens (tertiary/aromatic N) is 1. The smallest absolute Gasteiger partial charge is 0.226 e. The lowest BCUT2D eigenvalue weighted by atomic mass is 10.1. The molecule has 0 N–H and O–H groups in total. The highest BCUT2D eigenvalue weighted by Crippen LogP contribution is 2.40. The largest absolute Gasteiger partial charge is 0.497 e. The van der Waals surface area contributed by atoms with E-state index in [4.69, 9.17) is 4.74 Å². The Morgan fingerprint density at radius 2 is 2.21 bits per heavy atom. The number of carbonyl (C=O) groups is 1. The number of rotatable bonds is 5. The number of hydrogen-bond acceptors (Lipinski definition) is 2. The van der Waals surface area contributed by atoms with Crippen molar-refractivity contribution in [2.75, 3.05) is 13.7 Å². The van der Waals surface area contributed by atoms with E-state index in [0.29, 0.717) is 11.8 Å². The quantitative estimate of drug-likeness (QED) is 0.814. The van der Waals surface area contributed by atoms with Crippen LogP contribution < -0.4 is 4.74 Å². The summed E-state index contributed by atoms with van der Waals surface area (Å²) < 4.78 is 5.25. The van der Waals surface area contributed by atoms with Gasteiger partial charge >= 0.3 is 0 Å². The zero-order valence-electron chi connectivity index (χ0n) is 12.2. The first kappa shape index (κ1) is 13.9. The SMILES string of the molecule is CCN(C(=O)C1CC1C)C(C)c1cccc(OC)c1. The minimum absolute atomic E-state index is 0.0976. The van der Waals surface area contributed by atoms with Crippen LogP contribution in [0.25, 0.3) is 0 Å². The van der Waals surface area contributed by atoms with Crippen molar-refractivity contribution in [2.45, 2.75) is 33.2 Å². The molecule has 0 saturated heterocycles. The molecule has 1 aliphatic rings. The number of ether oxygens (including phenoxy) is 1. The first-order valence-electron chi connectivity index (χ1n) is 7.02. The van der Waals surface area contributed by atoms with Crippen LogP contribution in [0.2, 0.25) is 0 Å². The Balaban J connectivity index is 2.15. The molecule has 3 atom stereocenters. The van der Waals surface area contributed by atoms with Crippen molar-refractivity contribution < 1.29 is 9.53 Å². The summed E-state index contributed by atoms with van der Waals surface area (Å²) in [6.45, 7) is 7.03. The van der Waals surface area contributed by atoms with E-state index >= 15 is 0 Å². The third-order valence-corrected chi connectivity index (χ3v) is 4.09. The second kappa shape index (κ2) is 5.64. The molecule has 1 fully saturated rings. The maximum absolute atomic E-state index is 12.4. The predicted molar refractivity (Wildman–Crippen MR) is 76.1 cm³/mol. The Labute approximate surface area is 115 Å². The Hall–Kier alpha value is -1.51. The Kier molecular flexibility index (Phi) is 4.13. The Morgan fingerprint density at radius 1 is 1.53 bits per heavy atom. The molecule has 1 saturated carbocycles. The van der Waals surface area contributed by atoms with E-state index in [0.717, 1.165) is 24.3 Å². The molecule has 0 aromatic heterocycles. The highest BCUT2D eigenvalue weighted by molar-refractivity contribution is 5.82. The molecule has 1 amide bonds. The lowest BCUT2D eigenvalue weighted by Gasteiger charge is -2.29. The first-order valence-corrected chi connectivity index (χ1v) is 7.02. The van der Waals surface area contributed by atoms with Crippen LogP contribution in [0.5, 0.6) is 5.75 Å². The fraction of sp³-hybridized carbons (Fsp3) is 0.562. The van der Waals surface area contributed by atoms with Gasteiger partial charge in [0.1, 0.15) is 5.75 Å². The van der Waals surface area contributed by atoms with Gasteiger partial charge in [0, 0.05) is 12.5 Å². The van der Waals surface area contributed by atoms with Crippen molar-refractivity contribution in [3.63, 3.8) is 0 Å². The fourth-order valence-corrected chi connectivity index (χ4v) is 2.58. The van der Waals surface area contributed by atoms with E-state index in [-0.39, 0.29) is 12.0 Å². The van der Waals surface area contributed by atoms with E-state index in [9.17, 15) is 4.79 Å². The van der Waals surface area contributed by atoms with Gasteiger partial charge in [-0.1, -0.05) is 19.1 Å². The zero-order valence-corrected chi connectivity index (χ0v) is 12.2. The molecule has 3 unspecified atom stereocenters. The molecule has 104 valence electrons. The highest BCUT2D eigenvalue weighted by Gasteiger charge is 2.42. The molecule has 0 heterocycles. The van der Waals surface area contributed by atoms with Crippen LogP contribution in [0.15, 0.2) is 24.3 Å². The van der Waals surface area contributed by atoms with Crippen molar-refractivity contribution in [1.82, 2.24) is 4.90 Å². The number of amides is 1. The molecule has 0 bridgehead atoms. The molecule has 0 aliphatic heterocycles. The molecular formula is C16H23NO2. The normalized spacial score (nSPS) is 22.7. The highest BCUT2D eigenvalue weighted by atomic mass is 16.5. The summed E-state index contributed by atoms with van der Waals surface area (Å²) in [5, 5.41) is 0. The average molecular weight is 261 g/mol. The maximum atomic E-state index is 12.4. The zero-order chi connectivity index (χ0) is 14.0. The van der Waals surface area contributed by atoms with E-state index in [1.54, 1.807) is 7.11 Å². The van der Waals surface area contributed by atoms with Gasteiger partial charge < -0.3 is 9.64 Å². The van der Waals surface area contributed by atoms with E-state index in [1.165, 1.54) is 0 Å². The van der Waals surface area contributed by atoms with Crippen molar-refractivity contribution in [3.8, 4) is 5.75 Å². The monoisotopic (exact) mass is 261 g/mol. The first-order chi connectivity index (χ1) is 9.08. The van der Waals surface area contributed by atoms with Crippen LogP contribution in [0, 0.1) is 11.8 Å². The minimum Gasteiger partial charge on any atom is -0.497 e. The molecule has 0 spiro atoms. The second-order valence-corrected chi connectivity index (χ2v) is 5.40. The third kappa shape index (κ3) is 2.91. The van der Waals surface area contributed by atoms with Gasteiger partial charge in [0.2, 0.25) is 5.91 Å². The second-order valence-electron chi connectivity index (χ2n) is 5.40. The van der Waals surface area contributed by atoms with Crippen LogP contribution in [0.1, 0.15) is 38.8 Å². The van der Waals surface area contributed by atoms with Crippen LogP contribution in [0.3, 0.4) is 0 Å². The topological polar surface area (TPSA) is 29.5 Å². The summed E-state index contributed by atoms with van der Waals surface area (Å²) in [6.07, 6.45) is 1.04. The van der Waals surface area contributed by atoms with Crippen molar-refractivity contribution >= 4 is 5.91 Å². The molecule has 1 aromatic rings. The summed E-state index contributed by atoms with van der Waals surface area (Å²) >= 11 is 0. The van der Waals surface area contributed by atoms with Crippen molar-refractivity contribution in [3.05, 3.63) is 29.8 Å². The van der Waals surface area contributed by atoms with Crippen LogP contribution >= 0.6 is 0 Å². The van der Waals surface area contributed by atoms with Gasteiger partial charge in [-0.25, -0.2) is 0 Å². The van der Waals surface area contributed by atoms with Crippen LogP contribution in [-0.2, 0) is 4.79 Å². The summed E-state index contributed by atoms with van der Waals surface area (Å²) in [5.74, 6) is 1.94.